The van der Waals surface area contributed by atoms with Crippen LogP contribution in [0, 0.1) is 35.5 Å². The SMILES string of the molecule is NCCC1CC(O)CCC1C=CC1CC(O)CC(C=CC2CCC(O)CC2CCN)C1. The van der Waals surface area contributed by atoms with Gasteiger partial charge in [-0.15, -0.1) is 0 Å². The van der Waals surface area contributed by atoms with Crippen molar-refractivity contribution in [3.05, 3.63) is 24.3 Å². The standard InChI is InChI=1S/C26H46N2O3/c27-11-9-22-16-24(29)7-5-20(22)3-1-18-13-19(15-26(31)14-18)2-4-21-6-8-25(30)17-23(21)10-12-28/h1-4,18-26,29-31H,5-17,27-28H2. The fourth-order valence-electron chi connectivity index (χ4n) is 6.41. The van der Waals surface area contributed by atoms with Crippen LogP contribution in [0.15, 0.2) is 24.3 Å². The smallest absolute Gasteiger partial charge is 0.0551 e. The molecule has 5 nitrogen and oxygen atoms in total. The molecule has 0 amide bonds. The minimum atomic E-state index is -0.237. The third kappa shape index (κ3) is 7.68. The molecule has 5 heteroatoms. The Hall–Kier alpha value is -0.720. The predicted octanol–water partition coefficient (Wildman–Crippen LogP) is 3.13. The molecule has 8 atom stereocenters. The number of rotatable bonds is 8. The lowest BCUT2D eigenvalue weighted by Gasteiger charge is -2.34. The van der Waals surface area contributed by atoms with Crippen molar-refractivity contribution in [3.8, 4) is 0 Å². The monoisotopic (exact) mass is 434 g/mol. The van der Waals surface area contributed by atoms with Crippen molar-refractivity contribution in [1.29, 1.82) is 0 Å². The van der Waals surface area contributed by atoms with Crippen molar-refractivity contribution < 1.29 is 15.3 Å². The Bertz CT molecular complexity index is 533. The molecule has 0 aromatic heterocycles. The van der Waals surface area contributed by atoms with Crippen LogP contribution in [0.4, 0.5) is 0 Å². The van der Waals surface area contributed by atoms with Gasteiger partial charge in [0.15, 0.2) is 0 Å². The van der Waals surface area contributed by atoms with Gasteiger partial charge in [0.25, 0.3) is 0 Å². The highest BCUT2D eigenvalue weighted by Crippen LogP contribution is 2.37. The van der Waals surface area contributed by atoms with Gasteiger partial charge in [-0.3, -0.25) is 0 Å². The molecular formula is C26H46N2O3. The van der Waals surface area contributed by atoms with Gasteiger partial charge in [0.1, 0.15) is 0 Å². The number of allylic oxidation sites excluding steroid dienone is 4. The quantitative estimate of drug-likeness (QED) is 0.377. The first kappa shape index (κ1) is 24.9. The normalized spacial score (nSPS) is 42.4. The molecule has 7 N–H and O–H groups in total. The van der Waals surface area contributed by atoms with E-state index in [0.29, 0.717) is 48.6 Å². The van der Waals surface area contributed by atoms with Gasteiger partial charge in [0, 0.05) is 0 Å². The second-order valence-electron chi connectivity index (χ2n) is 10.6. The lowest BCUT2D eigenvalue weighted by molar-refractivity contribution is 0.0780. The molecule has 0 aliphatic heterocycles. The second-order valence-corrected chi connectivity index (χ2v) is 10.6. The molecule has 8 unspecified atom stereocenters. The number of hydrogen-bond donors (Lipinski definition) is 5. The van der Waals surface area contributed by atoms with E-state index in [1.54, 1.807) is 0 Å². The third-order valence-corrected chi connectivity index (χ3v) is 8.12. The molecule has 0 saturated heterocycles. The molecule has 3 rings (SSSR count). The van der Waals surface area contributed by atoms with E-state index in [9.17, 15) is 15.3 Å². The molecule has 0 heterocycles. The zero-order valence-corrected chi connectivity index (χ0v) is 19.2. The molecule has 3 aliphatic rings. The number of aliphatic hydroxyl groups is 3. The van der Waals surface area contributed by atoms with E-state index >= 15 is 0 Å². The van der Waals surface area contributed by atoms with Crippen molar-refractivity contribution in [1.82, 2.24) is 0 Å². The Kier molecular flexibility index (Phi) is 10.0. The van der Waals surface area contributed by atoms with E-state index < -0.39 is 0 Å². The van der Waals surface area contributed by atoms with Crippen LogP contribution in [0.25, 0.3) is 0 Å². The van der Waals surface area contributed by atoms with Gasteiger partial charge < -0.3 is 26.8 Å². The highest BCUT2D eigenvalue weighted by Gasteiger charge is 2.30. The Morgan fingerprint density at radius 3 is 1.42 bits per heavy atom. The number of aliphatic hydroxyl groups excluding tert-OH is 3. The topological polar surface area (TPSA) is 113 Å². The minimum Gasteiger partial charge on any atom is -0.393 e. The van der Waals surface area contributed by atoms with Gasteiger partial charge >= 0.3 is 0 Å². The molecule has 0 bridgehead atoms. The third-order valence-electron chi connectivity index (χ3n) is 8.12. The van der Waals surface area contributed by atoms with Crippen molar-refractivity contribution in [2.45, 2.75) is 88.9 Å². The fourth-order valence-corrected chi connectivity index (χ4v) is 6.41. The first-order chi connectivity index (χ1) is 15.0. The molecule has 178 valence electrons. The first-order valence-electron chi connectivity index (χ1n) is 12.8. The highest BCUT2D eigenvalue weighted by atomic mass is 16.3. The van der Waals surface area contributed by atoms with Gasteiger partial charge in [0.2, 0.25) is 0 Å². The maximum absolute atomic E-state index is 10.5. The van der Waals surface area contributed by atoms with E-state index in [1.165, 1.54) is 0 Å². The van der Waals surface area contributed by atoms with Gasteiger partial charge in [-0.25, -0.2) is 0 Å². The molecule has 3 aliphatic carbocycles. The maximum atomic E-state index is 10.5. The van der Waals surface area contributed by atoms with Crippen LogP contribution < -0.4 is 11.5 Å². The van der Waals surface area contributed by atoms with Gasteiger partial charge in [-0.2, -0.15) is 0 Å². The Morgan fingerprint density at radius 1 is 0.548 bits per heavy atom. The van der Waals surface area contributed by atoms with E-state index in [1.807, 2.05) is 0 Å². The van der Waals surface area contributed by atoms with E-state index in [4.69, 9.17) is 11.5 Å². The zero-order valence-electron chi connectivity index (χ0n) is 19.2. The molecule has 0 radical (unpaired) electrons. The summed E-state index contributed by atoms with van der Waals surface area (Å²) in [5.41, 5.74) is 11.6. The summed E-state index contributed by atoms with van der Waals surface area (Å²) in [6, 6.07) is 0. The maximum Gasteiger partial charge on any atom is 0.0551 e. The van der Waals surface area contributed by atoms with E-state index in [0.717, 1.165) is 70.6 Å². The van der Waals surface area contributed by atoms with Gasteiger partial charge in [-0.1, -0.05) is 24.3 Å². The summed E-state index contributed by atoms with van der Waals surface area (Å²) in [4.78, 5) is 0. The van der Waals surface area contributed by atoms with Crippen LogP contribution in [-0.4, -0.2) is 46.7 Å². The average Bonchev–Trinajstić information content (AvgIpc) is 2.73. The summed E-state index contributed by atoms with van der Waals surface area (Å²) < 4.78 is 0. The average molecular weight is 435 g/mol. The number of hydrogen-bond acceptors (Lipinski definition) is 5. The van der Waals surface area contributed by atoms with Crippen LogP contribution in [0.2, 0.25) is 0 Å². The minimum absolute atomic E-state index is 0.170. The van der Waals surface area contributed by atoms with Gasteiger partial charge in [-0.05, 0) is 119 Å². The molecular weight excluding hydrogens is 388 g/mol. The highest BCUT2D eigenvalue weighted by molar-refractivity contribution is 5.04. The van der Waals surface area contributed by atoms with Crippen LogP contribution >= 0.6 is 0 Å². The van der Waals surface area contributed by atoms with E-state index in [2.05, 4.69) is 24.3 Å². The van der Waals surface area contributed by atoms with Crippen LogP contribution in [0.5, 0.6) is 0 Å². The van der Waals surface area contributed by atoms with E-state index in [-0.39, 0.29) is 18.3 Å². The van der Waals surface area contributed by atoms with Crippen LogP contribution in [0.1, 0.15) is 70.6 Å². The lowest BCUT2D eigenvalue weighted by Crippen LogP contribution is -2.29. The molecule has 31 heavy (non-hydrogen) atoms. The summed E-state index contributed by atoms with van der Waals surface area (Å²) in [6.07, 6.45) is 19.2. The van der Waals surface area contributed by atoms with Crippen LogP contribution in [0.3, 0.4) is 0 Å². The van der Waals surface area contributed by atoms with Crippen molar-refractivity contribution in [2.24, 2.45) is 47.0 Å². The molecule has 0 aromatic rings. The van der Waals surface area contributed by atoms with Crippen LogP contribution in [-0.2, 0) is 0 Å². The summed E-state index contributed by atoms with van der Waals surface area (Å²) in [7, 11) is 0. The van der Waals surface area contributed by atoms with Crippen molar-refractivity contribution in [2.75, 3.05) is 13.1 Å². The Balaban J connectivity index is 1.56. The van der Waals surface area contributed by atoms with Crippen molar-refractivity contribution in [3.63, 3.8) is 0 Å². The summed E-state index contributed by atoms with van der Waals surface area (Å²) in [5.74, 6) is 2.80. The molecule has 0 aromatic carbocycles. The fraction of sp³-hybridized carbons (Fsp3) is 0.846. The lowest BCUT2D eigenvalue weighted by atomic mass is 9.73. The largest absolute Gasteiger partial charge is 0.393 e. The second kappa shape index (κ2) is 12.5. The Morgan fingerprint density at radius 2 is 1.00 bits per heavy atom. The zero-order chi connectivity index (χ0) is 22.2. The summed E-state index contributed by atoms with van der Waals surface area (Å²) >= 11 is 0. The Labute approximate surface area is 189 Å². The van der Waals surface area contributed by atoms with Gasteiger partial charge in [0.05, 0.1) is 18.3 Å². The summed E-state index contributed by atoms with van der Waals surface area (Å²) in [5, 5.41) is 30.5. The van der Waals surface area contributed by atoms with Crippen molar-refractivity contribution >= 4 is 0 Å². The molecule has 3 fully saturated rings. The molecule has 0 spiro atoms. The first-order valence-corrected chi connectivity index (χ1v) is 12.8. The summed E-state index contributed by atoms with van der Waals surface area (Å²) in [6.45, 7) is 1.36. The molecule has 3 saturated carbocycles. The predicted molar refractivity (Wildman–Crippen MR) is 126 cm³/mol. The number of nitrogens with two attached hydrogens (primary N) is 2.